The van der Waals surface area contributed by atoms with Crippen molar-refractivity contribution < 1.29 is 14.3 Å². The van der Waals surface area contributed by atoms with E-state index in [4.69, 9.17) is 14.7 Å². The minimum atomic E-state index is -0.789. The van der Waals surface area contributed by atoms with Crippen molar-refractivity contribution in [3.63, 3.8) is 0 Å². The molecule has 0 aliphatic rings. The van der Waals surface area contributed by atoms with Crippen molar-refractivity contribution in [3.05, 3.63) is 18.0 Å². The second kappa shape index (κ2) is 6.00. The molecule has 0 aliphatic carbocycles. The molecule has 1 aromatic rings. The quantitative estimate of drug-likeness (QED) is 0.567. The van der Waals surface area contributed by atoms with E-state index in [9.17, 15) is 4.79 Å². The SMILES string of the molecule is COC(CC(C#N)C(=O)c1cn[nH]c1)OC. The number of rotatable bonds is 6. The van der Waals surface area contributed by atoms with Crippen LogP contribution in [0.1, 0.15) is 16.8 Å². The van der Waals surface area contributed by atoms with Crippen molar-refractivity contribution in [3.8, 4) is 6.07 Å². The molecule has 1 aromatic heterocycles. The zero-order valence-electron chi connectivity index (χ0n) is 9.14. The maximum absolute atomic E-state index is 11.8. The van der Waals surface area contributed by atoms with Crippen LogP contribution in [0.15, 0.2) is 12.4 Å². The number of Topliss-reactive ketones (excluding diaryl/α,β-unsaturated/α-hetero) is 1. The normalized spacial score (nSPS) is 12.4. The van der Waals surface area contributed by atoms with E-state index in [2.05, 4.69) is 10.2 Å². The van der Waals surface area contributed by atoms with Gasteiger partial charge in [-0.3, -0.25) is 9.89 Å². The second-order valence-corrected chi connectivity index (χ2v) is 3.17. The molecule has 0 bridgehead atoms. The van der Waals surface area contributed by atoms with Crippen LogP contribution in [-0.2, 0) is 9.47 Å². The monoisotopic (exact) mass is 223 g/mol. The third-order valence-corrected chi connectivity index (χ3v) is 2.21. The molecule has 1 atom stereocenters. The van der Waals surface area contributed by atoms with Crippen molar-refractivity contribution in [2.45, 2.75) is 12.7 Å². The number of hydrogen-bond donors (Lipinski definition) is 1. The number of ether oxygens (including phenoxy) is 2. The lowest BCUT2D eigenvalue weighted by Gasteiger charge is -2.15. The predicted octanol–water partition coefficient (Wildman–Crippen LogP) is 0.741. The molecule has 6 heteroatoms. The molecule has 1 N–H and O–H groups in total. The summed E-state index contributed by atoms with van der Waals surface area (Å²) in [5.74, 6) is -1.07. The first-order chi connectivity index (χ1) is 7.72. The molecule has 0 aliphatic heterocycles. The van der Waals surface area contributed by atoms with Gasteiger partial charge in [0.2, 0.25) is 0 Å². The Balaban J connectivity index is 2.69. The molecular formula is C10H13N3O3. The minimum Gasteiger partial charge on any atom is -0.356 e. The summed E-state index contributed by atoms with van der Waals surface area (Å²) in [5.41, 5.74) is 0.387. The van der Waals surface area contributed by atoms with E-state index < -0.39 is 12.2 Å². The smallest absolute Gasteiger partial charge is 0.183 e. The fourth-order valence-corrected chi connectivity index (χ4v) is 1.29. The summed E-state index contributed by atoms with van der Waals surface area (Å²) in [6.45, 7) is 0. The van der Waals surface area contributed by atoms with Crippen LogP contribution < -0.4 is 0 Å². The van der Waals surface area contributed by atoms with Gasteiger partial charge < -0.3 is 9.47 Å². The highest BCUT2D eigenvalue weighted by molar-refractivity contribution is 5.98. The van der Waals surface area contributed by atoms with E-state index in [1.807, 2.05) is 6.07 Å². The van der Waals surface area contributed by atoms with E-state index in [0.29, 0.717) is 5.56 Å². The number of nitrogens with one attached hydrogen (secondary N) is 1. The summed E-state index contributed by atoms with van der Waals surface area (Å²) in [4.78, 5) is 11.8. The van der Waals surface area contributed by atoms with Crippen LogP contribution in [0, 0.1) is 17.2 Å². The Hall–Kier alpha value is -1.71. The highest BCUT2D eigenvalue weighted by atomic mass is 16.7. The number of carbonyl (C=O) groups excluding carboxylic acids is 1. The summed E-state index contributed by atoms with van der Waals surface area (Å²) in [7, 11) is 2.93. The summed E-state index contributed by atoms with van der Waals surface area (Å²) in [6.07, 6.45) is 2.50. The first-order valence-corrected chi connectivity index (χ1v) is 4.71. The zero-order chi connectivity index (χ0) is 12.0. The molecule has 0 saturated heterocycles. The van der Waals surface area contributed by atoms with Crippen LogP contribution in [0.3, 0.4) is 0 Å². The second-order valence-electron chi connectivity index (χ2n) is 3.17. The fourth-order valence-electron chi connectivity index (χ4n) is 1.29. The average molecular weight is 223 g/mol. The van der Waals surface area contributed by atoms with Gasteiger partial charge in [0.15, 0.2) is 12.1 Å². The Kier molecular flexibility index (Phi) is 4.64. The highest BCUT2D eigenvalue weighted by Gasteiger charge is 2.24. The van der Waals surface area contributed by atoms with Gasteiger partial charge in [-0.15, -0.1) is 0 Å². The molecule has 0 radical (unpaired) electrons. The maximum atomic E-state index is 11.8. The van der Waals surface area contributed by atoms with Crippen molar-refractivity contribution in [2.75, 3.05) is 14.2 Å². The summed E-state index contributed by atoms with van der Waals surface area (Å²) >= 11 is 0. The number of ketones is 1. The average Bonchev–Trinajstić information content (AvgIpc) is 2.83. The molecule has 0 fully saturated rings. The van der Waals surface area contributed by atoms with Gasteiger partial charge in [0.25, 0.3) is 0 Å². The molecule has 1 unspecified atom stereocenters. The van der Waals surface area contributed by atoms with Gasteiger partial charge in [0, 0.05) is 26.8 Å². The standard InChI is InChI=1S/C10H13N3O3/c1-15-9(16-2)3-7(4-11)10(14)8-5-12-13-6-8/h5-7,9H,3H2,1-2H3,(H,12,13). The fraction of sp³-hybridized carbons (Fsp3) is 0.500. The Morgan fingerprint density at radius 2 is 2.31 bits per heavy atom. The van der Waals surface area contributed by atoms with Crippen LogP contribution in [0.5, 0.6) is 0 Å². The predicted molar refractivity (Wildman–Crippen MR) is 54.4 cm³/mol. The first-order valence-electron chi connectivity index (χ1n) is 4.71. The van der Waals surface area contributed by atoms with Crippen LogP contribution in [-0.4, -0.2) is 36.5 Å². The number of carbonyl (C=O) groups is 1. The Morgan fingerprint density at radius 1 is 1.62 bits per heavy atom. The van der Waals surface area contributed by atoms with Crippen LogP contribution >= 0.6 is 0 Å². The Bertz CT molecular complexity index is 365. The third kappa shape index (κ3) is 2.89. The van der Waals surface area contributed by atoms with Gasteiger partial charge in [0.1, 0.15) is 5.92 Å². The highest BCUT2D eigenvalue weighted by Crippen LogP contribution is 2.14. The molecule has 16 heavy (non-hydrogen) atoms. The lowest BCUT2D eigenvalue weighted by Crippen LogP contribution is -2.22. The van der Waals surface area contributed by atoms with Crippen molar-refractivity contribution in [2.24, 2.45) is 5.92 Å². The van der Waals surface area contributed by atoms with Gasteiger partial charge >= 0.3 is 0 Å². The van der Waals surface area contributed by atoms with Crippen LogP contribution in [0.25, 0.3) is 0 Å². The molecular weight excluding hydrogens is 210 g/mol. The number of methoxy groups -OCH3 is 2. The molecule has 6 nitrogen and oxygen atoms in total. The van der Waals surface area contributed by atoms with E-state index in [1.54, 1.807) is 0 Å². The van der Waals surface area contributed by atoms with E-state index in [-0.39, 0.29) is 12.2 Å². The number of aromatic nitrogens is 2. The maximum Gasteiger partial charge on any atom is 0.183 e. The van der Waals surface area contributed by atoms with Gasteiger partial charge in [-0.05, 0) is 0 Å². The van der Waals surface area contributed by atoms with Gasteiger partial charge in [-0.1, -0.05) is 0 Å². The van der Waals surface area contributed by atoms with Gasteiger partial charge in [0.05, 0.1) is 17.8 Å². The van der Waals surface area contributed by atoms with Crippen LogP contribution in [0.4, 0.5) is 0 Å². The summed E-state index contributed by atoms with van der Waals surface area (Å²) < 4.78 is 9.90. The third-order valence-electron chi connectivity index (χ3n) is 2.21. The molecule has 86 valence electrons. The van der Waals surface area contributed by atoms with Gasteiger partial charge in [-0.2, -0.15) is 10.4 Å². The van der Waals surface area contributed by atoms with Crippen LogP contribution in [0.2, 0.25) is 0 Å². The minimum absolute atomic E-state index is 0.202. The van der Waals surface area contributed by atoms with E-state index in [0.717, 1.165) is 0 Å². The van der Waals surface area contributed by atoms with E-state index in [1.165, 1.54) is 26.6 Å². The zero-order valence-corrected chi connectivity index (χ0v) is 9.14. The summed E-state index contributed by atoms with van der Waals surface area (Å²) in [5, 5.41) is 15.1. The van der Waals surface area contributed by atoms with Crippen molar-refractivity contribution in [1.29, 1.82) is 5.26 Å². The van der Waals surface area contributed by atoms with Crippen molar-refractivity contribution >= 4 is 5.78 Å². The number of aromatic amines is 1. The molecule has 0 saturated carbocycles. The van der Waals surface area contributed by atoms with Crippen molar-refractivity contribution in [1.82, 2.24) is 10.2 Å². The lowest BCUT2D eigenvalue weighted by atomic mass is 9.98. The number of hydrogen-bond acceptors (Lipinski definition) is 5. The molecule has 0 amide bonds. The Labute approximate surface area is 93.2 Å². The van der Waals surface area contributed by atoms with Gasteiger partial charge in [-0.25, -0.2) is 0 Å². The number of nitriles is 1. The molecule has 1 rings (SSSR count). The largest absolute Gasteiger partial charge is 0.356 e. The first kappa shape index (κ1) is 12.4. The van der Waals surface area contributed by atoms with E-state index >= 15 is 0 Å². The molecule has 0 aromatic carbocycles. The topological polar surface area (TPSA) is 88.0 Å². The lowest BCUT2D eigenvalue weighted by molar-refractivity contribution is -0.109. The Morgan fingerprint density at radius 3 is 2.75 bits per heavy atom. The molecule has 0 spiro atoms. The number of nitrogens with zero attached hydrogens (tertiary/aromatic N) is 2. The summed E-state index contributed by atoms with van der Waals surface area (Å²) in [6, 6.07) is 1.94. The molecule has 1 heterocycles. The number of H-pyrrole nitrogens is 1.